The highest BCUT2D eigenvalue weighted by molar-refractivity contribution is 7.89. The number of halogens is 2. The molecular weight excluding hydrogens is 457 g/mol. The molecule has 2 heterocycles. The fourth-order valence-electron chi connectivity index (χ4n) is 4.28. The molecule has 31 heavy (non-hydrogen) atoms. The molecule has 0 bridgehead atoms. The van der Waals surface area contributed by atoms with E-state index < -0.39 is 15.4 Å². The number of piperidine rings is 1. The number of nitrogens with one attached hydrogen (secondary N) is 1. The number of hydrogen-bond donors (Lipinski definition) is 1. The van der Waals surface area contributed by atoms with Gasteiger partial charge in [-0.25, -0.2) is 8.42 Å². The van der Waals surface area contributed by atoms with Gasteiger partial charge >= 0.3 is 0 Å². The van der Waals surface area contributed by atoms with Crippen molar-refractivity contribution in [2.45, 2.75) is 44.6 Å². The van der Waals surface area contributed by atoms with Gasteiger partial charge in [-0.15, -0.1) is 0 Å². The molecule has 0 saturated carbocycles. The summed E-state index contributed by atoms with van der Waals surface area (Å²) < 4.78 is 26.9. The van der Waals surface area contributed by atoms with E-state index in [4.69, 9.17) is 23.2 Å². The van der Waals surface area contributed by atoms with E-state index in [9.17, 15) is 13.2 Å². The van der Waals surface area contributed by atoms with Crippen molar-refractivity contribution < 1.29 is 13.2 Å². The predicted molar refractivity (Wildman–Crippen MR) is 124 cm³/mol. The fourth-order valence-corrected chi connectivity index (χ4v) is 6.52. The van der Waals surface area contributed by atoms with E-state index in [1.54, 1.807) is 22.6 Å². The van der Waals surface area contributed by atoms with Crippen LogP contribution in [0.2, 0.25) is 10.0 Å². The van der Waals surface area contributed by atoms with Crippen LogP contribution in [-0.4, -0.2) is 48.5 Å². The van der Waals surface area contributed by atoms with Gasteiger partial charge in [0, 0.05) is 41.5 Å². The Hall–Kier alpha value is -1.67. The van der Waals surface area contributed by atoms with Crippen molar-refractivity contribution in [3.05, 3.63) is 63.9 Å². The quantitative estimate of drug-likeness (QED) is 0.636. The minimum absolute atomic E-state index is 0.139. The molecule has 0 radical (unpaired) electrons. The molecule has 3 rings (SSSR count). The second kappa shape index (κ2) is 9.86. The van der Waals surface area contributed by atoms with Crippen LogP contribution >= 0.6 is 23.2 Å². The molecule has 1 aromatic carbocycles. The molecule has 1 aromatic heterocycles. The monoisotopic (exact) mass is 483 g/mol. The first-order valence-corrected chi connectivity index (χ1v) is 12.7. The lowest BCUT2D eigenvalue weighted by atomic mass is 9.73. The summed E-state index contributed by atoms with van der Waals surface area (Å²) in [5, 5.41) is 3.74. The molecule has 2 aromatic rings. The summed E-state index contributed by atoms with van der Waals surface area (Å²) >= 11 is 12.1. The van der Waals surface area contributed by atoms with Gasteiger partial charge in [0.2, 0.25) is 10.0 Å². The molecule has 1 saturated heterocycles. The Labute approximate surface area is 194 Å². The van der Waals surface area contributed by atoms with Gasteiger partial charge in [0.1, 0.15) is 0 Å². The van der Waals surface area contributed by atoms with Crippen molar-refractivity contribution in [1.29, 1.82) is 0 Å². The lowest BCUT2D eigenvalue weighted by molar-refractivity contribution is 0.0921. The van der Waals surface area contributed by atoms with Gasteiger partial charge in [0.25, 0.3) is 5.91 Å². The molecule has 1 aliphatic rings. The second-order valence-electron chi connectivity index (χ2n) is 8.03. The summed E-state index contributed by atoms with van der Waals surface area (Å²) in [6.45, 7) is 4.50. The van der Waals surface area contributed by atoms with Crippen LogP contribution in [0.15, 0.2) is 42.6 Å². The van der Waals surface area contributed by atoms with Crippen LogP contribution in [0.3, 0.4) is 0 Å². The summed E-state index contributed by atoms with van der Waals surface area (Å²) in [6, 6.07) is 10.2. The number of hydrogen-bond acceptors (Lipinski definition) is 4. The fraction of sp³-hybridized carbons (Fsp3) is 0.455. The van der Waals surface area contributed by atoms with Crippen LogP contribution in [0.4, 0.5) is 0 Å². The van der Waals surface area contributed by atoms with E-state index >= 15 is 0 Å². The molecule has 6 nitrogen and oxygen atoms in total. The van der Waals surface area contributed by atoms with Crippen LogP contribution in [-0.2, 0) is 15.4 Å². The van der Waals surface area contributed by atoms with Crippen molar-refractivity contribution in [3.63, 3.8) is 0 Å². The maximum absolute atomic E-state index is 12.8. The van der Waals surface area contributed by atoms with Gasteiger partial charge < -0.3 is 5.32 Å². The third-order valence-corrected chi connectivity index (χ3v) is 8.51. The molecule has 1 aliphatic heterocycles. The number of pyridine rings is 1. The molecule has 0 unspecified atom stereocenters. The predicted octanol–water partition coefficient (Wildman–Crippen LogP) is 4.28. The Kier molecular flexibility index (Phi) is 7.63. The van der Waals surface area contributed by atoms with Gasteiger partial charge in [0.15, 0.2) is 0 Å². The van der Waals surface area contributed by atoms with Crippen molar-refractivity contribution >= 4 is 39.1 Å². The normalized spacial score (nSPS) is 22.3. The molecule has 9 heteroatoms. The van der Waals surface area contributed by atoms with Crippen molar-refractivity contribution in [2.75, 3.05) is 18.8 Å². The first-order chi connectivity index (χ1) is 14.7. The highest BCUT2D eigenvalue weighted by atomic mass is 35.5. The summed E-state index contributed by atoms with van der Waals surface area (Å²) in [5.41, 5.74) is 0.711. The summed E-state index contributed by atoms with van der Waals surface area (Å²) in [4.78, 5) is 17.4. The highest BCUT2D eigenvalue weighted by Crippen LogP contribution is 2.38. The number of sulfonamides is 1. The van der Waals surface area contributed by atoms with E-state index in [0.29, 0.717) is 42.9 Å². The Morgan fingerprint density at radius 2 is 2.06 bits per heavy atom. The van der Waals surface area contributed by atoms with Crippen LogP contribution in [0.25, 0.3) is 0 Å². The largest absolute Gasteiger partial charge is 0.351 e. The number of carbonyl (C=O) groups is 1. The molecular formula is C22H27Cl2N3O3S. The third-order valence-electron chi connectivity index (χ3n) is 5.78. The smallest absolute Gasteiger partial charge is 0.252 e. The maximum Gasteiger partial charge on any atom is 0.252 e. The summed E-state index contributed by atoms with van der Waals surface area (Å²) in [5.74, 6) is -0.162. The molecule has 0 aliphatic carbocycles. The maximum atomic E-state index is 12.8. The zero-order valence-corrected chi connectivity index (χ0v) is 20.0. The highest BCUT2D eigenvalue weighted by Gasteiger charge is 2.44. The first kappa shape index (κ1) is 24.0. The molecule has 168 valence electrons. The molecule has 1 amide bonds. The lowest BCUT2D eigenvalue weighted by Gasteiger charge is -2.44. The van der Waals surface area contributed by atoms with E-state index in [2.05, 4.69) is 10.3 Å². The number of carbonyl (C=O) groups excluding carboxylic acids is 1. The van der Waals surface area contributed by atoms with Crippen LogP contribution in [0, 0.1) is 0 Å². The Morgan fingerprint density at radius 3 is 2.68 bits per heavy atom. The average molecular weight is 484 g/mol. The van der Waals surface area contributed by atoms with E-state index in [1.165, 1.54) is 6.07 Å². The Balaban J connectivity index is 1.84. The second-order valence-corrected chi connectivity index (χ2v) is 10.9. The van der Waals surface area contributed by atoms with Crippen molar-refractivity contribution in [1.82, 2.24) is 14.6 Å². The number of rotatable bonds is 7. The Bertz CT molecular complexity index is 1030. The summed E-state index contributed by atoms with van der Waals surface area (Å²) in [7, 11) is -3.30. The van der Waals surface area contributed by atoms with Crippen molar-refractivity contribution in [2.24, 2.45) is 0 Å². The van der Waals surface area contributed by atoms with E-state index in [1.807, 2.05) is 32.0 Å². The van der Waals surface area contributed by atoms with E-state index in [-0.39, 0.29) is 22.7 Å². The number of nitrogens with zero attached hydrogens (tertiary/aromatic N) is 2. The van der Waals surface area contributed by atoms with E-state index in [0.717, 1.165) is 5.69 Å². The number of amides is 1. The minimum atomic E-state index is -3.30. The third kappa shape index (κ3) is 5.40. The van der Waals surface area contributed by atoms with Gasteiger partial charge in [-0.2, -0.15) is 4.31 Å². The zero-order chi connectivity index (χ0) is 22.6. The van der Waals surface area contributed by atoms with Crippen LogP contribution < -0.4 is 5.32 Å². The first-order valence-electron chi connectivity index (χ1n) is 10.3. The Morgan fingerprint density at radius 1 is 1.29 bits per heavy atom. The van der Waals surface area contributed by atoms with Crippen molar-refractivity contribution in [3.8, 4) is 0 Å². The molecule has 0 spiro atoms. The standard InChI is InChI=1S/C22H27Cl2N3O3S/c1-3-12-31(29,30)27-11-9-22(14-16(27)2,20-6-4-5-10-25-20)15-26-21(28)18-8-7-17(23)13-19(18)24/h4-8,10,13,16H,3,9,11-12,14-15H2,1-2H3,(H,26,28)/t16-,22+/m1/s1. The van der Waals surface area contributed by atoms with Gasteiger partial charge in [-0.3, -0.25) is 9.78 Å². The average Bonchev–Trinajstić information content (AvgIpc) is 2.72. The zero-order valence-electron chi connectivity index (χ0n) is 17.6. The summed E-state index contributed by atoms with van der Waals surface area (Å²) in [6.07, 6.45) is 3.42. The SMILES string of the molecule is CCCS(=O)(=O)N1CC[C@](CNC(=O)c2ccc(Cl)cc2Cl)(c2ccccn2)C[C@H]1C. The van der Waals surface area contributed by atoms with Crippen LogP contribution in [0.1, 0.15) is 49.2 Å². The minimum Gasteiger partial charge on any atom is -0.351 e. The van der Waals surface area contributed by atoms with Gasteiger partial charge in [-0.05, 0) is 56.5 Å². The molecule has 1 fully saturated rings. The number of benzene rings is 1. The van der Waals surface area contributed by atoms with Gasteiger partial charge in [-0.1, -0.05) is 36.2 Å². The number of aromatic nitrogens is 1. The molecule has 1 N–H and O–H groups in total. The topological polar surface area (TPSA) is 79.4 Å². The van der Waals surface area contributed by atoms with Crippen LogP contribution in [0.5, 0.6) is 0 Å². The molecule has 2 atom stereocenters. The van der Waals surface area contributed by atoms with Gasteiger partial charge in [0.05, 0.1) is 16.3 Å². The lowest BCUT2D eigenvalue weighted by Crippen LogP contribution is -2.54.